The molecule has 0 N–H and O–H groups in total. The number of hydrogen-bond acceptors (Lipinski definition) is 1. The highest BCUT2D eigenvalue weighted by Crippen LogP contribution is 2.49. The van der Waals surface area contributed by atoms with Gasteiger partial charge >= 0.3 is 0 Å². The smallest absolute Gasteiger partial charge is 0.199 e. The van der Waals surface area contributed by atoms with Gasteiger partial charge in [-0.1, -0.05) is 47.8 Å². The molecule has 1 aliphatic rings. The normalized spacial score (nSPS) is 30.8. The number of ketones is 1. The maximum Gasteiger partial charge on any atom is 0.199 e. The SMILES string of the molecule is CC1(C(Cl)(Cl)Cl)C=CC(=O)CC1. The van der Waals surface area contributed by atoms with Crippen molar-refractivity contribution in [3.05, 3.63) is 12.2 Å². The van der Waals surface area contributed by atoms with Gasteiger partial charge < -0.3 is 0 Å². The number of halogens is 3. The Morgan fingerprint density at radius 3 is 2.42 bits per heavy atom. The summed E-state index contributed by atoms with van der Waals surface area (Å²) >= 11 is 17.3. The van der Waals surface area contributed by atoms with Crippen molar-refractivity contribution in [1.82, 2.24) is 0 Å². The van der Waals surface area contributed by atoms with Crippen molar-refractivity contribution in [3.8, 4) is 0 Å². The van der Waals surface area contributed by atoms with Gasteiger partial charge in [0, 0.05) is 11.8 Å². The van der Waals surface area contributed by atoms with E-state index >= 15 is 0 Å². The van der Waals surface area contributed by atoms with Gasteiger partial charge in [-0.3, -0.25) is 4.79 Å². The predicted octanol–water partition coefficient (Wildman–Crippen LogP) is 3.28. The molecule has 0 spiro atoms. The van der Waals surface area contributed by atoms with Gasteiger partial charge in [0.1, 0.15) is 0 Å². The van der Waals surface area contributed by atoms with E-state index in [9.17, 15) is 4.79 Å². The van der Waals surface area contributed by atoms with Gasteiger partial charge in [0.25, 0.3) is 0 Å². The van der Waals surface area contributed by atoms with Gasteiger partial charge in [0.2, 0.25) is 0 Å². The molecule has 4 heteroatoms. The van der Waals surface area contributed by atoms with Crippen LogP contribution in [0.3, 0.4) is 0 Å². The van der Waals surface area contributed by atoms with Crippen molar-refractivity contribution in [3.63, 3.8) is 0 Å². The fourth-order valence-electron chi connectivity index (χ4n) is 1.06. The monoisotopic (exact) mass is 226 g/mol. The van der Waals surface area contributed by atoms with Crippen molar-refractivity contribution in [2.24, 2.45) is 5.41 Å². The first kappa shape index (κ1) is 10.4. The van der Waals surface area contributed by atoms with Crippen LogP contribution >= 0.6 is 34.8 Å². The second-order valence-electron chi connectivity index (χ2n) is 3.21. The lowest BCUT2D eigenvalue weighted by Gasteiger charge is -2.34. The van der Waals surface area contributed by atoms with Crippen LogP contribution in [0.4, 0.5) is 0 Å². The Kier molecular flexibility index (Phi) is 2.77. The number of allylic oxidation sites excluding steroid dienone is 2. The quantitative estimate of drug-likeness (QED) is 0.581. The molecule has 0 aromatic rings. The van der Waals surface area contributed by atoms with Crippen LogP contribution in [0.15, 0.2) is 12.2 Å². The average molecular weight is 228 g/mol. The first-order chi connectivity index (χ1) is 5.35. The molecule has 0 saturated heterocycles. The van der Waals surface area contributed by atoms with Crippen LogP contribution in [0.2, 0.25) is 0 Å². The van der Waals surface area contributed by atoms with Crippen LogP contribution in [-0.2, 0) is 4.79 Å². The lowest BCUT2D eigenvalue weighted by molar-refractivity contribution is -0.115. The molecule has 1 rings (SSSR count). The largest absolute Gasteiger partial charge is 0.295 e. The summed E-state index contributed by atoms with van der Waals surface area (Å²) in [6.45, 7) is 1.84. The minimum absolute atomic E-state index is 0.0988. The van der Waals surface area contributed by atoms with Crippen molar-refractivity contribution in [2.75, 3.05) is 0 Å². The van der Waals surface area contributed by atoms with Gasteiger partial charge in [-0.15, -0.1) is 0 Å². The van der Waals surface area contributed by atoms with Crippen LogP contribution < -0.4 is 0 Å². The van der Waals surface area contributed by atoms with Crippen molar-refractivity contribution >= 4 is 40.6 Å². The van der Waals surface area contributed by atoms with Crippen LogP contribution in [0.25, 0.3) is 0 Å². The zero-order valence-electron chi connectivity index (χ0n) is 6.61. The Bertz CT molecular complexity index is 229. The van der Waals surface area contributed by atoms with Gasteiger partial charge in [-0.2, -0.15) is 0 Å². The Morgan fingerprint density at radius 1 is 1.50 bits per heavy atom. The lowest BCUT2D eigenvalue weighted by Crippen LogP contribution is -2.33. The first-order valence-corrected chi connectivity index (χ1v) is 4.77. The topological polar surface area (TPSA) is 17.1 Å². The molecule has 12 heavy (non-hydrogen) atoms. The molecule has 0 heterocycles. The molecular formula is C8H9Cl3O. The fourth-order valence-corrected chi connectivity index (χ4v) is 1.54. The third-order valence-electron chi connectivity index (χ3n) is 2.18. The maximum absolute atomic E-state index is 10.9. The van der Waals surface area contributed by atoms with Crippen LogP contribution in [0.1, 0.15) is 19.8 Å². The van der Waals surface area contributed by atoms with E-state index in [4.69, 9.17) is 34.8 Å². The number of carbonyl (C=O) groups is 1. The molecule has 1 atom stereocenters. The third-order valence-corrected chi connectivity index (χ3v) is 3.47. The lowest BCUT2D eigenvalue weighted by atomic mass is 9.82. The average Bonchev–Trinajstić information content (AvgIpc) is 1.93. The summed E-state index contributed by atoms with van der Waals surface area (Å²) in [5.41, 5.74) is -0.508. The van der Waals surface area contributed by atoms with Crippen LogP contribution in [0.5, 0.6) is 0 Å². The molecule has 0 amide bonds. The third kappa shape index (κ3) is 1.95. The fraction of sp³-hybridized carbons (Fsp3) is 0.625. The van der Waals surface area contributed by atoms with Gasteiger partial charge in [-0.05, 0) is 12.5 Å². The Morgan fingerprint density at radius 2 is 2.08 bits per heavy atom. The van der Waals surface area contributed by atoms with Crippen molar-refractivity contribution in [1.29, 1.82) is 0 Å². The highest BCUT2D eigenvalue weighted by atomic mass is 35.6. The van der Waals surface area contributed by atoms with Gasteiger partial charge in [-0.25, -0.2) is 0 Å². The molecule has 0 aromatic heterocycles. The highest BCUT2D eigenvalue weighted by molar-refractivity contribution is 6.68. The van der Waals surface area contributed by atoms with Crippen LogP contribution in [0, 0.1) is 5.41 Å². The Hall–Kier alpha value is 0.280. The molecule has 0 aliphatic heterocycles. The number of hydrogen-bond donors (Lipinski definition) is 0. The summed E-state index contributed by atoms with van der Waals surface area (Å²) in [6.07, 6.45) is 4.23. The summed E-state index contributed by atoms with van der Waals surface area (Å²) in [7, 11) is 0. The molecule has 1 aliphatic carbocycles. The Balaban J connectivity index is 2.88. The van der Waals surface area contributed by atoms with E-state index in [2.05, 4.69) is 0 Å². The van der Waals surface area contributed by atoms with E-state index in [1.807, 2.05) is 6.92 Å². The molecule has 68 valence electrons. The van der Waals surface area contributed by atoms with E-state index in [1.165, 1.54) is 6.08 Å². The maximum atomic E-state index is 10.9. The van der Waals surface area contributed by atoms with Crippen molar-refractivity contribution in [2.45, 2.75) is 23.6 Å². The van der Waals surface area contributed by atoms with Gasteiger partial charge in [0.05, 0.1) is 0 Å². The van der Waals surface area contributed by atoms with Gasteiger partial charge in [0.15, 0.2) is 9.58 Å². The van der Waals surface area contributed by atoms with Crippen molar-refractivity contribution < 1.29 is 4.79 Å². The molecule has 0 aromatic carbocycles. The minimum Gasteiger partial charge on any atom is -0.295 e. The molecule has 0 fully saturated rings. The van der Waals surface area contributed by atoms with E-state index in [0.717, 1.165) is 0 Å². The summed E-state index contributed by atoms with van der Waals surface area (Å²) in [5, 5.41) is 0. The van der Waals surface area contributed by atoms with E-state index < -0.39 is 9.21 Å². The first-order valence-electron chi connectivity index (χ1n) is 3.64. The number of carbonyl (C=O) groups excluding carboxylic acids is 1. The summed E-state index contributed by atoms with van der Waals surface area (Å²) < 4.78 is -1.33. The number of alkyl halides is 3. The van der Waals surface area contributed by atoms with E-state index in [0.29, 0.717) is 12.8 Å². The zero-order valence-corrected chi connectivity index (χ0v) is 8.88. The molecule has 1 unspecified atom stereocenters. The summed E-state index contributed by atoms with van der Waals surface area (Å²) in [6, 6.07) is 0. The summed E-state index contributed by atoms with van der Waals surface area (Å²) in [4.78, 5) is 10.9. The second-order valence-corrected chi connectivity index (χ2v) is 5.50. The van der Waals surface area contributed by atoms with E-state index in [-0.39, 0.29) is 5.78 Å². The zero-order chi connectivity index (χ0) is 9.41. The predicted molar refractivity (Wildman–Crippen MR) is 51.8 cm³/mol. The molecule has 0 radical (unpaired) electrons. The molecule has 0 saturated carbocycles. The van der Waals surface area contributed by atoms with E-state index in [1.54, 1.807) is 6.08 Å². The Labute approximate surface area is 86.7 Å². The molecule has 0 bridgehead atoms. The highest BCUT2D eigenvalue weighted by Gasteiger charge is 2.43. The molecular weight excluding hydrogens is 218 g/mol. The standard InChI is InChI=1S/C8H9Cl3O/c1-7(8(9,10)11)4-2-6(12)3-5-7/h2,4H,3,5H2,1H3. The second kappa shape index (κ2) is 3.21. The summed E-state index contributed by atoms with van der Waals surface area (Å²) in [5.74, 6) is 0.0988. The minimum atomic E-state index is -1.33. The number of rotatable bonds is 0. The molecule has 1 nitrogen and oxygen atoms in total. The van der Waals surface area contributed by atoms with Crippen LogP contribution in [-0.4, -0.2) is 9.58 Å².